The molecule has 12 heavy (non-hydrogen) atoms. The van der Waals surface area contributed by atoms with Gasteiger partial charge in [-0.3, -0.25) is 0 Å². The summed E-state index contributed by atoms with van der Waals surface area (Å²) in [6.45, 7) is 2.28. The quantitative estimate of drug-likeness (QED) is 0.421. The number of alkyl halides is 1. The van der Waals surface area contributed by atoms with E-state index in [-0.39, 0.29) is 0 Å². The van der Waals surface area contributed by atoms with Crippen LogP contribution in [0.2, 0.25) is 0 Å². The van der Waals surface area contributed by atoms with Gasteiger partial charge in [-0.15, -0.1) is 0 Å². The van der Waals surface area contributed by atoms with E-state index in [2.05, 4.69) is 34.9 Å². The lowest BCUT2D eigenvalue weighted by Gasteiger charge is -2.60. The lowest BCUT2D eigenvalue weighted by atomic mass is 9.57. The van der Waals surface area contributed by atoms with Gasteiger partial charge in [0, 0.05) is 8.67 Å². The van der Waals surface area contributed by atoms with Crippen molar-refractivity contribution < 1.29 is 0 Å². The van der Waals surface area contributed by atoms with Crippen LogP contribution in [-0.2, 0) is 0 Å². The number of hydrogen-bond donors (Lipinski definition) is 0. The Bertz CT molecular complexity index is 223. The zero-order chi connectivity index (χ0) is 8.77. The number of thioether (sulfide) groups is 1. The normalized spacial score (nSPS) is 50.9. The number of thiocyanates is 1. The van der Waals surface area contributed by atoms with Crippen molar-refractivity contribution in [3.63, 3.8) is 0 Å². The molecule has 3 fully saturated rings. The molecule has 0 spiro atoms. The van der Waals surface area contributed by atoms with E-state index in [0.717, 1.165) is 15.8 Å². The van der Waals surface area contributed by atoms with Crippen LogP contribution in [0.15, 0.2) is 0 Å². The van der Waals surface area contributed by atoms with Gasteiger partial charge >= 0.3 is 0 Å². The van der Waals surface area contributed by atoms with Crippen LogP contribution in [-0.4, -0.2) is 8.67 Å². The minimum atomic E-state index is 0.304. The molecule has 0 aromatic rings. The molecule has 0 heterocycles. The Morgan fingerprint density at radius 3 is 2.50 bits per heavy atom. The number of rotatable bonds is 1. The first-order chi connectivity index (χ1) is 5.70. The minimum absolute atomic E-state index is 0.304. The largest absolute Gasteiger partial charge is 0.185 e. The maximum absolute atomic E-state index is 8.72. The summed E-state index contributed by atoms with van der Waals surface area (Å²) < 4.78 is 1.15. The zero-order valence-electron chi connectivity index (χ0n) is 7.09. The summed E-state index contributed by atoms with van der Waals surface area (Å²) >= 11 is 4.09. The highest BCUT2D eigenvalue weighted by molar-refractivity contribution is 14.1. The topological polar surface area (TPSA) is 23.8 Å². The van der Waals surface area contributed by atoms with Gasteiger partial charge < -0.3 is 0 Å². The van der Waals surface area contributed by atoms with Gasteiger partial charge in [0.2, 0.25) is 0 Å². The van der Waals surface area contributed by atoms with Gasteiger partial charge in [-0.2, -0.15) is 5.26 Å². The second kappa shape index (κ2) is 3.06. The van der Waals surface area contributed by atoms with Crippen LogP contribution in [0.3, 0.4) is 0 Å². The van der Waals surface area contributed by atoms with E-state index < -0.39 is 0 Å². The minimum Gasteiger partial charge on any atom is -0.185 e. The Kier molecular flexibility index (Phi) is 2.33. The molecular weight excluding hydrogens is 281 g/mol. The lowest BCUT2D eigenvalue weighted by molar-refractivity contribution is 0.0812. The Morgan fingerprint density at radius 2 is 2.08 bits per heavy atom. The maximum atomic E-state index is 8.72. The summed E-state index contributed by atoms with van der Waals surface area (Å²) in [5.41, 5.74) is 0. The van der Waals surface area contributed by atoms with Crippen LogP contribution < -0.4 is 0 Å². The average molecular weight is 293 g/mol. The number of nitriles is 1. The van der Waals surface area contributed by atoms with Gasteiger partial charge in [-0.05, 0) is 43.4 Å². The number of hydrogen-bond acceptors (Lipinski definition) is 2. The van der Waals surface area contributed by atoms with Crippen LogP contribution in [0, 0.1) is 22.5 Å². The Morgan fingerprint density at radius 1 is 1.50 bits per heavy atom. The van der Waals surface area contributed by atoms with Crippen LogP contribution in [0.5, 0.6) is 0 Å². The molecule has 0 amide bonds. The van der Waals surface area contributed by atoms with Gasteiger partial charge in [-0.25, -0.2) is 0 Å². The molecule has 0 aromatic heterocycles. The predicted octanol–water partition coefficient (Wildman–Crippen LogP) is 3.19. The van der Waals surface area contributed by atoms with Crippen LogP contribution in [0.25, 0.3) is 0 Å². The van der Waals surface area contributed by atoms with Crippen molar-refractivity contribution in [2.75, 3.05) is 0 Å². The number of nitrogens with zero attached hydrogens (tertiary/aromatic N) is 1. The first kappa shape index (κ1) is 9.14. The van der Waals surface area contributed by atoms with Crippen LogP contribution >= 0.6 is 34.4 Å². The summed E-state index contributed by atoms with van der Waals surface area (Å²) in [5.74, 6) is 1.61. The van der Waals surface area contributed by atoms with E-state index in [0.29, 0.717) is 4.75 Å². The SMILES string of the molecule is CC1(SC#N)[C@@H]2CCC[C@H]1C2I. The van der Waals surface area contributed by atoms with Gasteiger partial charge in [0.15, 0.2) is 0 Å². The zero-order valence-corrected chi connectivity index (χ0v) is 10.1. The van der Waals surface area contributed by atoms with Gasteiger partial charge in [0.1, 0.15) is 5.40 Å². The van der Waals surface area contributed by atoms with Gasteiger partial charge in [0.25, 0.3) is 0 Å². The Balaban J connectivity index is 2.15. The summed E-state index contributed by atoms with van der Waals surface area (Å²) in [5, 5.41) is 11.0. The molecule has 0 aliphatic heterocycles. The van der Waals surface area contributed by atoms with E-state index in [1.807, 2.05) is 0 Å². The van der Waals surface area contributed by atoms with Crippen molar-refractivity contribution in [1.82, 2.24) is 0 Å². The Hall–Kier alpha value is 0.570. The smallest absolute Gasteiger partial charge is 0.133 e. The van der Waals surface area contributed by atoms with E-state index in [4.69, 9.17) is 5.26 Å². The highest BCUT2D eigenvalue weighted by Crippen LogP contribution is 2.62. The standard InChI is InChI=1S/C9H12INS/c1-9(12-5-11)6-3-2-4-7(9)8(6)10/h6-8H,2-4H2,1H3/t6-,7+,8?,9?. The molecule has 3 aliphatic carbocycles. The third-order valence-electron chi connectivity index (χ3n) is 3.54. The van der Waals surface area contributed by atoms with Crippen molar-refractivity contribution >= 4 is 34.4 Å². The molecule has 3 saturated carbocycles. The lowest BCUT2D eigenvalue weighted by Crippen LogP contribution is -2.61. The van der Waals surface area contributed by atoms with Gasteiger partial charge in [0.05, 0.1) is 0 Å². The van der Waals surface area contributed by atoms with E-state index in [1.165, 1.54) is 31.0 Å². The number of halogens is 1. The van der Waals surface area contributed by atoms with Crippen molar-refractivity contribution in [3.8, 4) is 5.40 Å². The molecule has 66 valence electrons. The fourth-order valence-corrected chi connectivity index (χ4v) is 6.50. The van der Waals surface area contributed by atoms with Crippen molar-refractivity contribution in [2.24, 2.45) is 11.8 Å². The first-order valence-corrected chi connectivity index (χ1v) is 6.47. The maximum Gasteiger partial charge on any atom is 0.133 e. The fraction of sp³-hybridized carbons (Fsp3) is 0.889. The highest BCUT2D eigenvalue weighted by atomic mass is 127. The second-order valence-electron chi connectivity index (χ2n) is 3.97. The molecule has 0 aromatic carbocycles. The van der Waals surface area contributed by atoms with E-state index in [9.17, 15) is 0 Å². The second-order valence-corrected chi connectivity index (χ2v) is 6.67. The summed E-state index contributed by atoms with van der Waals surface area (Å²) in [7, 11) is 0. The third-order valence-corrected chi connectivity index (χ3v) is 6.41. The van der Waals surface area contributed by atoms with Crippen LogP contribution in [0.1, 0.15) is 26.2 Å². The Labute approximate surface area is 91.4 Å². The highest BCUT2D eigenvalue weighted by Gasteiger charge is 2.60. The molecule has 0 N–H and O–H groups in total. The molecule has 3 rings (SSSR count). The average Bonchev–Trinajstić information content (AvgIpc) is 2.06. The summed E-state index contributed by atoms with van der Waals surface area (Å²) in [4.78, 5) is 0. The fourth-order valence-electron chi connectivity index (χ4n) is 2.77. The van der Waals surface area contributed by atoms with Crippen molar-refractivity contribution in [2.45, 2.75) is 34.9 Å². The molecule has 1 nitrogen and oxygen atoms in total. The summed E-state index contributed by atoms with van der Waals surface area (Å²) in [6.07, 6.45) is 4.07. The van der Waals surface area contributed by atoms with Crippen LogP contribution in [0.4, 0.5) is 0 Å². The van der Waals surface area contributed by atoms with Gasteiger partial charge in [-0.1, -0.05) is 29.0 Å². The molecule has 3 heteroatoms. The van der Waals surface area contributed by atoms with E-state index in [1.54, 1.807) is 0 Å². The molecule has 2 bridgehead atoms. The summed E-state index contributed by atoms with van der Waals surface area (Å²) in [6, 6.07) is 0. The molecule has 3 aliphatic rings. The third kappa shape index (κ3) is 1.04. The molecule has 4 atom stereocenters. The van der Waals surface area contributed by atoms with E-state index >= 15 is 0 Å². The molecule has 0 saturated heterocycles. The van der Waals surface area contributed by atoms with Crippen molar-refractivity contribution in [1.29, 1.82) is 5.26 Å². The molecule has 2 unspecified atom stereocenters. The monoisotopic (exact) mass is 293 g/mol. The predicted molar refractivity (Wildman–Crippen MR) is 60.2 cm³/mol. The molecular formula is C9H12INS. The van der Waals surface area contributed by atoms with Crippen molar-refractivity contribution in [3.05, 3.63) is 0 Å². The number of fused-ring (bicyclic) bond motifs is 2. The molecule has 0 radical (unpaired) electrons. The first-order valence-electron chi connectivity index (χ1n) is 4.41.